The van der Waals surface area contributed by atoms with E-state index < -0.39 is 0 Å². The van der Waals surface area contributed by atoms with Crippen LogP contribution in [0.4, 0.5) is 0 Å². The monoisotopic (exact) mass is 270 g/mol. The van der Waals surface area contributed by atoms with Crippen LogP contribution in [0.25, 0.3) is 0 Å². The molecule has 0 bridgehead atoms. The molecule has 0 saturated carbocycles. The second-order valence-electron chi connectivity index (χ2n) is 5.55. The largest absolute Gasteiger partial charge is 0.488 e. The van der Waals surface area contributed by atoms with Crippen LogP contribution in [0, 0.1) is 0 Å². The topological polar surface area (TPSA) is 9.23 Å². The van der Waals surface area contributed by atoms with E-state index in [4.69, 9.17) is 4.74 Å². The van der Waals surface area contributed by atoms with E-state index in [0.29, 0.717) is 0 Å². The molecule has 0 amide bonds. The Morgan fingerprint density at radius 1 is 1.00 bits per heavy atom. The average molecular weight is 270 g/mol. The lowest BCUT2D eigenvalue weighted by Crippen LogP contribution is -2.32. The van der Waals surface area contributed by atoms with Gasteiger partial charge in [0.2, 0.25) is 0 Å². The maximum atomic E-state index is 6.08. The van der Waals surface area contributed by atoms with Crippen molar-refractivity contribution in [3.63, 3.8) is 0 Å². The summed E-state index contributed by atoms with van der Waals surface area (Å²) in [6.45, 7) is 4.32. The van der Waals surface area contributed by atoms with Gasteiger partial charge in [-0.05, 0) is 56.5 Å². The smallest absolute Gasteiger partial charge is 0.124 e. The highest BCUT2D eigenvalue weighted by atomic mass is 32.2. The molecule has 0 N–H and O–H groups in total. The third-order valence-electron chi connectivity index (χ3n) is 3.40. The van der Waals surface area contributed by atoms with Crippen LogP contribution < -0.4 is 4.74 Å². The number of fused-ring (bicyclic) bond motifs is 1. The van der Waals surface area contributed by atoms with Crippen molar-refractivity contribution in [1.29, 1.82) is 0 Å². The van der Waals surface area contributed by atoms with E-state index in [-0.39, 0.29) is 5.60 Å². The molecule has 1 aliphatic rings. The van der Waals surface area contributed by atoms with Crippen molar-refractivity contribution in [3.8, 4) is 5.75 Å². The first-order valence-electron chi connectivity index (χ1n) is 6.67. The third-order valence-corrected chi connectivity index (χ3v) is 4.40. The number of aryl methyl sites for hydroxylation is 1. The number of ether oxygens (including phenoxy) is 1. The summed E-state index contributed by atoms with van der Waals surface area (Å²) < 4.78 is 6.08. The fourth-order valence-electron chi connectivity index (χ4n) is 2.31. The molecule has 2 heteroatoms. The van der Waals surface area contributed by atoms with E-state index in [0.717, 1.165) is 18.6 Å². The van der Waals surface area contributed by atoms with Crippen LogP contribution >= 0.6 is 11.8 Å². The molecule has 2 aromatic carbocycles. The fourth-order valence-corrected chi connectivity index (χ4v) is 3.18. The molecule has 1 heterocycles. The lowest BCUT2D eigenvalue weighted by molar-refractivity contribution is 0.0843. The lowest BCUT2D eigenvalue weighted by atomic mass is 9.94. The van der Waals surface area contributed by atoms with Crippen molar-refractivity contribution >= 4 is 11.8 Å². The van der Waals surface area contributed by atoms with Gasteiger partial charge in [0.1, 0.15) is 11.4 Å². The van der Waals surface area contributed by atoms with E-state index >= 15 is 0 Å². The summed E-state index contributed by atoms with van der Waals surface area (Å²) in [7, 11) is 0. The van der Waals surface area contributed by atoms with Crippen molar-refractivity contribution < 1.29 is 4.74 Å². The Balaban J connectivity index is 1.85. The summed E-state index contributed by atoms with van der Waals surface area (Å²) in [5.74, 6) is 1.05. The molecule has 0 radical (unpaired) electrons. The van der Waals surface area contributed by atoms with Crippen molar-refractivity contribution in [3.05, 3.63) is 54.1 Å². The van der Waals surface area contributed by atoms with Gasteiger partial charge in [0, 0.05) is 9.79 Å². The second kappa shape index (κ2) is 4.93. The maximum Gasteiger partial charge on any atom is 0.124 e. The van der Waals surface area contributed by atoms with Crippen LogP contribution in [0.3, 0.4) is 0 Å². The predicted molar refractivity (Wildman–Crippen MR) is 80.0 cm³/mol. The standard InChI is InChI=1S/C17H18OS/c1-17(2)11-10-13-8-9-15(12-16(13)18-17)19-14-6-4-3-5-7-14/h3-9,12H,10-11H2,1-2H3. The highest BCUT2D eigenvalue weighted by molar-refractivity contribution is 7.99. The SMILES string of the molecule is CC1(C)CCc2ccc(Sc3ccccc3)cc2O1. The molecule has 3 rings (SSSR count). The van der Waals surface area contributed by atoms with Gasteiger partial charge in [-0.25, -0.2) is 0 Å². The van der Waals surface area contributed by atoms with Gasteiger partial charge < -0.3 is 4.74 Å². The van der Waals surface area contributed by atoms with E-state index in [9.17, 15) is 0 Å². The molecule has 0 saturated heterocycles. The molecule has 0 aromatic heterocycles. The molecule has 1 aliphatic heterocycles. The molecule has 0 spiro atoms. The summed E-state index contributed by atoms with van der Waals surface area (Å²) >= 11 is 1.78. The minimum absolute atomic E-state index is 0.0387. The first-order chi connectivity index (χ1) is 9.12. The minimum atomic E-state index is -0.0387. The Bertz CT molecular complexity index is 575. The number of hydrogen-bond donors (Lipinski definition) is 0. The Hall–Kier alpha value is -1.41. The van der Waals surface area contributed by atoms with E-state index in [1.807, 2.05) is 6.07 Å². The predicted octanol–water partition coefficient (Wildman–Crippen LogP) is 4.94. The zero-order valence-corrected chi connectivity index (χ0v) is 12.2. The average Bonchev–Trinajstić information content (AvgIpc) is 2.38. The van der Waals surface area contributed by atoms with Crippen molar-refractivity contribution in [2.24, 2.45) is 0 Å². The van der Waals surface area contributed by atoms with E-state index in [1.54, 1.807) is 11.8 Å². The summed E-state index contributed by atoms with van der Waals surface area (Å²) in [6.07, 6.45) is 2.20. The zero-order chi connectivity index (χ0) is 13.3. The van der Waals surface area contributed by atoms with E-state index in [2.05, 4.69) is 56.3 Å². The normalized spacial score (nSPS) is 16.5. The molecule has 2 aromatic rings. The zero-order valence-electron chi connectivity index (χ0n) is 11.3. The first-order valence-corrected chi connectivity index (χ1v) is 7.49. The fraction of sp³-hybridized carbons (Fsp3) is 0.294. The van der Waals surface area contributed by atoms with Crippen LogP contribution in [-0.2, 0) is 6.42 Å². The van der Waals surface area contributed by atoms with Gasteiger partial charge >= 0.3 is 0 Å². The first kappa shape index (κ1) is 12.6. The van der Waals surface area contributed by atoms with Gasteiger partial charge in [-0.3, -0.25) is 0 Å². The summed E-state index contributed by atoms with van der Waals surface area (Å²) in [4.78, 5) is 2.50. The highest BCUT2D eigenvalue weighted by Crippen LogP contribution is 2.37. The minimum Gasteiger partial charge on any atom is -0.488 e. The van der Waals surface area contributed by atoms with Gasteiger partial charge in [0.05, 0.1) is 0 Å². The quantitative estimate of drug-likeness (QED) is 0.764. The summed E-state index contributed by atoms with van der Waals surface area (Å²) in [5.41, 5.74) is 1.29. The molecular formula is C17H18OS. The van der Waals surface area contributed by atoms with Crippen LogP contribution in [0.15, 0.2) is 58.3 Å². The molecule has 0 atom stereocenters. The van der Waals surface area contributed by atoms with Gasteiger partial charge in [-0.2, -0.15) is 0 Å². The van der Waals surface area contributed by atoms with E-state index in [1.165, 1.54) is 15.4 Å². The van der Waals surface area contributed by atoms with Gasteiger partial charge in [0.25, 0.3) is 0 Å². The lowest BCUT2D eigenvalue weighted by Gasteiger charge is -2.32. The van der Waals surface area contributed by atoms with Crippen LogP contribution in [-0.4, -0.2) is 5.60 Å². The van der Waals surface area contributed by atoms with Gasteiger partial charge in [-0.1, -0.05) is 36.0 Å². The maximum absolute atomic E-state index is 6.08. The Morgan fingerprint density at radius 2 is 1.79 bits per heavy atom. The van der Waals surface area contributed by atoms with Gasteiger partial charge in [-0.15, -0.1) is 0 Å². The van der Waals surface area contributed by atoms with Crippen LogP contribution in [0.5, 0.6) is 5.75 Å². The van der Waals surface area contributed by atoms with Crippen LogP contribution in [0.2, 0.25) is 0 Å². The molecule has 0 aliphatic carbocycles. The number of rotatable bonds is 2. The summed E-state index contributed by atoms with van der Waals surface area (Å²) in [6, 6.07) is 17.0. The molecule has 19 heavy (non-hydrogen) atoms. The van der Waals surface area contributed by atoms with Crippen molar-refractivity contribution in [2.45, 2.75) is 42.1 Å². The molecule has 0 unspecified atom stereocenters. The molecular weight excluding hydrogens is 252 g/mol. The Morgan fingerprint density at radius 3 is 2.58 bits per heavy atom. The number of benzene rings is 2. The van der Waals surface area contributed by atoms with Crippen molar-refractivity contribution in [1.82, 2.24) is 0 Å². The Labute approximate surface area is 119 Å². The van der Waals surface area contributed by atoms with Gasteiger partial charge in [0.15, 0.2) is 0 Å². The van der Waals surface area contributed by atoms with Crippen molar-refractivity contribution in [2.75, 3.05) is 0 Å². The third kappa shape index (κ3) is 2.95. The number of hydrogen-bond acceptors (Lipinski definition) is 2. The second-order valence-corrected chi connectivity index (χ2v) is 6.69. The highest BCUT2D eigenvalue weighted by Gasteiger charge is 2.26. The summed E-state index contributed by atoms with van der Waals surface area (Å²) in [5, 5.41) is 0. The Kier molecular flexibility index (Phi) is 3.28. The molecule has 98 valence electrons. The molecule has 1 nitrogen and oxygen atoms in total. The molecule has 0 fully saturated rings. The van der Waals surface area contributed by atoms with Crippen LogP contribution in [0.1, 0.15) is 25.8 Å².